The van der Waals surface area contributed by atoms with Crippen molar-refractivity contribution in [1.82, 2.24) is 19.0 Å². The van der Waals surface area contributed by atoms with Gasteiger partial charge < -0.3 is 4.90 Å². The lowest BCUT2D eigenvalue weighted by molar-refractivity contribution is 0.0687. The molecule has 0 radical (unpaired) electrons. The number of aryl methyl sites for hydroxylation is 2. The minimum atomic E-state index is -3.44. The molecule has 124 valence electrons. The second-order valence-corrected chi connectivity index (χ2v) is 8.54. The summed E-state index contributed by atoms with van der Waals surface area (Å²) in [5.74, 6) is -0.110. The van der Waals surface area contributed by atoms with E-state index in [0.29, 0.717) is 36.1 Å². The fraction of sp³-hybridized carbons (Fsp3) is 0.429. The summed E-state index contributed by atoms with van der Waals surface area (Å²) in [6.45, 7) is 3.22. The molecule has 2 aromatic rings. The third kappa shape index (κ3) is 3.04. The Morgan fingerprint density at radius 1 is 1.26 bits per heavy atom. The predicted molar refractivity (Wildman–Crippen MR) is 86.9 cm³/mol. The van der Waals surface area contributed by atoms with Gasteiger partial charge in [0.1, 0.15) is 9.90 Å². The van der Waals surface area contributed by atoms with Crippen LogP contribution in [-0.2, 0) is 17.1 Å². The van der Waals surface area contributed by atoms with Crippen LogP contribution in [0.1, 0.15) is 16.2 Å². The van der Waals surface area contributed by atoms with Crippen LogP contribution in [0.4, 0.5) is 0 Å². The Kier molecular flexibility index (Phi) is 4.26. The predicted octanol–water partition coefficient (Wildman–Crippen LogP) is 0.937. The molecule has 0 unspecified atom stereocenters. The zero-order chi connectivity index (χ0) is 16.6. The molecule has 0 bridgehead atoms. The first-order valence-corrected chi connectivity index (χ1v) is 9.55. The molecule has 7 nitrogen and oxygen atoms in total. The van der Waals surface area contributed by atoms with E-state index in [0.717, 1.165) is 5.69 Å². The van der Waals surface area contributed by atoms with Crippen LogP contribution in [0.2, 0.25) is 0 Å². The highest BCUT2D eigenvalue weighted by Gasteiger charge is 2.31. The van der Waals surface area contributed by atoms with Crippen LogP contribution in [0.25, 0.3) is 0 Å². The average Bonchev–Trinajstić information content (AvgIpc) is 3.17. The lowest BCUT2D eigenvalue weighted by atomic mass is 10.3. The van der Waals surface area contributed by atoms with Crippen molar-refractivity contribution in [1.29, 1.82) is 0 Å². The van der Waals surface area contributed by atoms with Gasteiger partial charge in [-0.25, -0.2) is 8.42 Å². The lowest BCUT2D eigenvalue weighted by Crippen LogP contribution is -2.50. The van der Waals surface area contributed by atoms with Crippen LogP contribution in [0.3, 0.4) is 0 Å². The minimum Gasteiger partial charge on any atom is -0.335 e. The number of rotatable bonds is 3. The number of piperazine rings is 1. The van der Waals surface area contributed by atoms with Gasteiger partial charge in [-0.3, -0.25) is 9.48 Å². The molecule has 1 aliphatic heterocycles. The standard InChI is InChI=1S/C14H18N4O3S2/c1-11-10-12(16(2)15-11)14(19)17-5-7-18(8-6-17)23(20,21)13-4-3-9-22-13/h3-4,9-10H,5-8H2,1-2H3. The Labute approximate surface area is 139 Å². The maximum absolute atomic E-state index is 12.5. The average molecular weight is 354 g/mol. The highest BCUT2D eigenvalue weighted by molar-refractivity contribution is 7.91. The molecule has 23 heavy (non-hydrogen) atoms. The van der Waals surface area contributed by atoms with Gasteiger partial charge in [0.15, 0.2) is 0 Å². The molecule has 0 saturated carbocycles. The fourth-order valence-corrected chi connectivity index (χ4v) is 5.21. The molecule has 0 N–H and O–H groups in total. The number of hydrogen-bond donors (Lipinski definition) is 0. The fourth-order valence-electron chi connectivity index (χ4n) is 2.64. The van der Waals surface area contributed by atoms with Gasteiger partial charge >= 0.3 is 0 Å². The molecular formula is C14H18N4O3S2. The molecule has 1 fully saturated rings. The first-order valence-electron chi connectivity index (χ1n) is 7.23. The Bertz CT molecular complexity index is 803. The van der Waals surface area contributed by atoms with Crippen LogP contribution in [0.15, 0.2) is 27.8 Å². The first-order chi connectivity index (χ1) is 10.9. The van der Waals surface area contributed by atoms with E-state index in [4.69, 9.17) is 0 Å². The van der Waals surface area contributed by atoms with Gasteiger partial charge in [0.05, 0.1) is 5.69 Å². The van der Waals surface area contributed by atoms with Crippen molar-refractivity contribution in [3.8, 4) is 0 Å². The van der Waals surface area contributed by atoms with E-state index >= 15 is 0 Å². The third-order valence-corrected chi connectivity index (χ3v) is 7.11. The number of hydrogen-bond acceptors (Lipinski definition) is 5. The van der Waals surface area contributed by atoms with Crippen molar-refractivity contribution in [3.63, 3.8) is 0 Å². The summed E-state index contributed by atoms with van der Waals surface area (Å²) in [6, 6.07) is 5.08. The topological polar surface area (TPSA) is 75.5 Å². The molecule has 0 aromatic carbocycles. The molecule has 1 amide bonds. The summed E-state index contributed by atoms with van der Waals surface area (Å²) in [4.78, 5) is 14.2. The van der Waals surface area contributed by atoms with Gasteiger partial charge in [0, 0.05) is 33.2 Å². The Balaban J connectivity index is 1.69. The largest absolute Gasteiger partial charge is 0.335 e. The number of carbonyl (C=O) groups excluding carboxylic acids is 1. The van der Waals surface area contributed by atoms with E-state index in [2.05, 4.69) is 5.10 Å². The molecule has 2 aromatic heterocycles. The number of aromatic nitrogens is 2. The summed E-state index contributed by atoms with van der Waals surface area (Å²) in [7, 11) is -1.71. The van der Waals surface area contributed by atoms with Crippen molar-refractivity contribution >= 4 is 27.3 Å². The zero-order valence-corrected chi connectivity index (χ0v) is 14.6. The van der Waals surface area contributed by atoms with E-state index in [1.54, 1.807) is 40.2 Å². The van der Waals surface area contributed by atoms with E-state index in [1.165, 1.54) is 15.6 Å². The lowest BCUT2D eigenvalue weighted by Gasteiger charge is -2.33. The summed E-state index contributed by atoms with van der Waals surface area (Å²) in [6.07, 6.45) is 0. The van der Waals surface area contributed by atoms with Crippen molar-refractivity contribution in [2.45, 2.75) is 11.1 Å². The van der Waals surface area contributed by atoms with E-state index in [9.17, 15) is 13.2 Å². The molecule has 0 aliphatic carbocycles. The highest BCUT2D eigenvalue weighted by atomic mass is 32.2. The summed E-state index contributed by atoms with van der Waals surface area (Å²) in [5.41, 5.74) is 1.31. The number of nitrogens with zero attached hydrogens (tertiary/aromatic N) is 4. The molecule has 9 heteroatoms. The van der Waals surface area contributed by atoms with Gasteiger partial charge in [0.2, 0.25) is 0 Å². The summed E-state index contributed by atoms with van der Waals surface area (Å²) in [5, 5.41) is 5.93. The molecule has 1 aliphatic rings. The van der Waals surface area contributed by atoms with Crippen LogP contribution >= 0.6 is 11.3 Å². The molecular weight excluding hydrogens is 336 g/mol. The Morgan fingerprint density at radius 2 is 1.96 bits per heavy atom. The van der Waals surface area contributed by atoms with Gasteiger partial charge in [0.25, 0.3) is 15.9 Å². The maximum Gasteiger partial charge on any atom is 0.272 e. The van der Waals surface area contributed by atoms with Crippen LogP contribution in [0, 0.1) is 6.92 Å². The van der Waals surface area contributed by atoms with Gasteiger partial charge in [-0.15, -0.1) is 11.3 Å². The van der Waals surface area contributed by atoms with E-state index in [-0.39, 0.29) is 5.91 Å². The molecule has 0 atom stereocenters. The minimum absolute atomic E-state index is 0.110. The van der Waals surface area contributed by atoms with E-state index < -0.39 is 10.0 Å². The number of sulfonamides is 1. The number of thiophene rings is 1. The van der Waals surface area contributed by atoms with Crippen molar-refractivity contribution in [2.24, 2.45) is 7.05 Å². The highest BCUT2D eigenvalue weighted by Crippen LogP contribution is 2.22. The Hall–Kier alpha value is -1.71. The number of carbonyl (C=O) groups is 1. The van der Waals surface area contributed by atoms with Crippen LogP contribution < -0.4 is 0 Å². The normalized spacial score (nSPS) is 16.7. The van der Waals surface area contributed by atoms with Crippen LogP contribution in [0.5, 0.6) is 0 Å². The van der Waals surface area contributed by atoms with Crippen LogP contribution in [-0.4, -0.2) is 59.5 Å². The maximum atomic E-state index is 12.5. The zero-order valence-electron chi connectivity index (χ0n) is 13.0. The van der Waals surface area contributed by atoms with E-state index in [1.807, 2.05) is 6.92 Å². The van der Waals surface area contributed by atoms with Gasteiger partial charge in [-0.1, -0.05) is 6.07 Å². The van der Waals surface area contributed by atoms with Crippen molar-refractivity contribution in [3.05, 3.63) is 35.0 Å². The SMILES string of the molecule is Cc1cc(C(=O)N2CCN(S(=O)(=O)c3cccs3)CC2)n(C)n1. The smallest absolute Gasteiger partial charge is 0.272 e. The van der Waals surface area contributed by atoms with Crippen molar-refractivity contribution in [2.75, 3.05) is 26.2 Å². The summed E-state index contributed by atoms with van der Waals surface area (Å²) >= 11 is 1.21. The molecule has 1 saturated heterocycles. The Morgan fingerprint density at radius 3 is 2.48 bits per heavy atom. The number of amides is 1. The summed E-state index contributed by atoms with van der Waals surface area (Å²) < 4.78 is 28.3. The van der Waals surface area contributed by atoms with Gasteiger partial charge in [-0.05, 0) is 24.4 Å². The quantitative estimate of drug-likeness (QED) is 0.822. The second kappa shape index (κ2) is 6.06. The molecule has 3 heterocycles. The van der Waals surface area contributed by atoms with Crippen molar-refractivity contribution < 1.29 is 13.2 Å². The van der Waals surface area contributed by atoms with Gasteiger partial charge in [-0.2, -0.15) is 9.40 Å². The second-order valence-electron chi connectivity index (χ2n) is 5.42. The third-order valence-electron chi connectivity index (χ3n) is 3.84. The molecule has 0 spiro atoms. The first kappa shape index (κ1) is 16.2. The monoisotopic (exact) mass is 354 g/mol. The molecule has 3 rings (SSSR count).